The molecular formula is C18H35NO5S. The number of hydrogen-bond acceptors (Lipinski definition) is 5. The molecular weight excluding hydrogens is 342 g/mol. The molecule has 0 atom stereocenters. The van der Waals surface area contributed by atoms with E-state index in [0.29, 0.717) is 13.0 Å². The Hall–Kier alpha value is -0.920. The van der Waals surface area contributed by atoms with Crippen molar-refractivity contribution in [2.24, 2.45) is 0 Å². The molecule has 0 radical (unpaired) electrons. The average Bonchev–Trinajstić information content (AvgIpc) is 2.50. The van der Waals surface area contributed by atoms with Crippen molar-refractivity contribution in [3.63, 3.8) is 0 Å². The Bertz CT molecular complexity index is 474. The van der Waals surface area contributed by atoms with E-state index in [1.165, 1.54) is 31.8 Å². The summed E-state index contributed by atoms with van der Waals surface area (Å²) < 4.78 is 37.5. The number of rotatable bonds is 16. The van der Waals surface area contributed by atoms with Gasteiger partial charge in [0.2, 0.25) is 0 Å². The quantitative estimate of drug-likeness (QED) is 0.136. The molecule has 0 N–H and O–H groups in total. The first kappa shape index (κ1) is 24.1. The highest BCUT2D eigenvalue weighted by Crippen LogP contribution is 2.11. The molecule has 0 amide bonds. The van der Waals surface area contributed by atoms with E-state index in [-0.39, 0.29) is 11.7 Å². The molecule has 0 saturated heterocycles. The van der Waals surface area contributed by atoms with Crippen LogP contribution in [0.3, 0.4) is 0 Å². The Labute approximate surface area is 153 Å². The molecule has 0 fully saturated rings. The van der Waals surface area contributed by atoms with Gasteiger partial charge in [-0.2, -0.15) is 0 Å². The number of hydrogen-bond donors (Lipinski definition) is 0. The summed E-state index contributed by atoms with van der Waals surface area (Å²) in [6.07, 6.45) is 10.7. The highest BCUT2D eigenvalue weighted by molar-refractivity contribution is 7.85. The van der Waals surface area contributed by atoms with Gasteiger partial charge in [-0.25, -0.2) is 13.2 Å². The predicted molar refractivity (Wildman–Crippen MR) is 99.1 cm³/mol. The van der Waals surface area contributed by atoms with Crippen molar-refractivity contribution in [1.29, 1.82) is 0 Å². The van der Waals surface area contributed by atoms with Crippen molar-refractivity contribution >= 4 is 16.1 Å². The Morgan fingerprint density at radius 1 is 0.960 bits per heavy atom. The maximum Gasteiger partial charge on any atom is 0.330 e. The predicted octanol–water partition coefficient (Wildman–Crippen LogP) is 2.85. The third-order valence-corrected chi connectivity index (χ3v) is 5.02. The molecule has 0 aliphatic rings. The lowest BCUT2D eigenvalue weighted by atomic mass is 10.1. The van der Waals surface area contributed by atoms with E-state index in [1.807, 2.05) is 0 Å². The second kappa shape index (κ2) is 13.3. The molecule has 0 heterocycles. The Morgan fingerprint density at radius 2 is 1.44 bits per heavy atom. The number of unbranched alkanes of at least 4 members (excludes halogenated alkanes) is 7. The van der Waals surface area contributed by atoms with Crippen LogP contribution in [0.2, 0.25) is 0 Å². The van der Waals surface area contributed by atoms with Crippen LogP contribution in [0, 0.1) is 0 Å². The number of carbonyl (C=O) groups excluding carboxylic acids is 1. The van der Waals surface area contributed by atoms with Gasteiger partial charge < -0.3 is 13.8 Å². The maximum atomic E-state index is 10.8. The lowest BCUT2D eigenvalue weighted by Gasteiger charge is -2.30. The minimum absolute atomic E-state index is 0.262. The summed E-state index contributed by atoms with van der Waals surface area (Å²) in [5, 5.41) is 0. The van der Waals surface area contributed by atoms with Gasteiger partial charge in [0.25, 0.3) is 0 Å². The molecule has 25 heavy (non-hydrogen) atoms. The van der Waals surface area contributed by atoms with Crippen molar-refractivity contribution in [1.82, 2.24) is 0 Å². The number of ether oxygens (including phenoxy) is 1. The van der Waals surface area contributed by atoms with Gasteiger partial charge in [-0.3, -0.25) is 0 Å². The van der Waals surface area contributed by atoms with Gasteiger partial charge in [0.15, 0.2) is 0 Å². The van der Waals surface area contributed by atoms with Gasteiger partial charge in [-0.15, -0.1) is 0 Å². The van der Waals surface area contributed by atoms with Crippen LogP contribution in [0.15, 0.2) is 12.7 Å². The summed E-state index contributed by atoms with van der Waals surface area (Å²) in [5.74, 6) is -0.613. The minimum atomic E-state index is -4.09. The summed E-state index contributed by atoms with van der Waals surface area (Å²) in [7, 11) is 0.0747. The lowest BCUT2D eigenvalue weighted by molar-refractivity contribution is -0.890. The zero-order valence-electron chi connectivity index (χ0n) is 15.9. The van der Waals surface area contributed by atoms with Crippen LogP contribution < -0.4 is 0 Å². The first-order chi connectivity index (χ1) is 11.7. The van der Waals surface area contributed by atoms with Crippen molar-refractivity contribution in [2.75, 3.05) is 39.5 Å². The van der Waals surface area contributed by atoms with E-state index in [0.717, 1.165) is 43.3 Å². The summed E-state index contributed by atoms with van der Waals surface area (Å²) >= 11 is 0. The fourth-order valence-electron chi connectivity index (χ4n) is 2.72. The van der Waals surface area contributed by atoms with Crippen molar-refractivity contribution < 1.29 is 27.0 Å². The standard InChI is InChI=1S/C18H35NO5S/c1-4-18(20)24-16-12-10-8-6-5-7-9-11-14-19(2,3)15-13-17-25(21,22)23/h4H,1,5-17H2,2-3H3. The van der Waals surface area contributed by atoms with Crippen LogP contribution in [0.4, 0.5) is 0 Å². The Morgan fingerprint density at radius 3 is 1.96 bits per heavy atom. The van der Waals surface area contributed by atoms with Crippen LogP contribution >= 0.6 is 0 Å². The summed E-state index contributed by atoms with van der Waals surface area (Å²) in [5.41, 5.74) is 0. The molecule has 0 rings (SSSR count). The molecule has 0 aromatic heterocycles. The van der Waals surface area contributed by atoms with Crippen molar-refractivity contribution in [3.8, 4) is 0 Å². The highest BCUT2D eigenvalue weighted by Gasteiger charge is 2.14. The summed E-state index contributed by atoms with van der Waals surface area (Å²) in [6.45, 7) is 5.56. The molecule has 0 aliphatic heterocycles. The molecule has 0 unspecified atom stereocenters. The van der Waals surface area contributed by atoms with Gasteiger partial charge >= 0.3 is 5.97 Å². The SMILES string of the molecule is C=CC(=O)OCCCCCCCCCC[N+](C)(C)CCCS(=O)(=O)[O-]. The van der Waals surface area contributed by atoms with Crippen LogP contribution in [0.1, 0.15) is 57.8 Å². The van der Waals surface area contributed by atoms with Crippen molar-refractivity contribution in [2.45, 2.75) is 57.8 Å². The number of carbonyl (C=O) groups is 1. The fourth-order valence-corrected chi connectivity index (χ4v) is 3.20. The minimum Gasteiger partial charge on any atom is -0.748 e. The molecule has 0 saturated carbocycles. The van der Waals surface area contributed by atoms with Gasteiger partial charge in [0, 0.05) is 18.2 Å². The molecule has 7 heteroatoms. The van der Waals surface area contributed by atoms with E-state index in [4.69, 9.17) is 4.74 Å². The molecule has 0 aromatic rings. The zero-order chi connectivity index (χ0) is 19.2. The fraction of sp³-hybridized carbons (Fsp3) is 0.833. The number of quaternary nitrogens is 1. The van der Waals surface area contributed by atoms with E-state index in [2.05, 4.69) is 20.7 Å². The molecule has 0 aliphatic carbocycles. The third-order valence-electron chi connectivity index (χ3n) is 4.23. The Kier molecular flexibility index (Phi) is 12.8. The number of nitrogens with zero attached hydrogens (tertiary/aromatic N) is 1. The maximum absolute atomic E-state index is 10.8. The highest BCUT2D eigenvalue weighted by atomic mass is 32.2. The van der Waals surface area contributed by atoms with E-state index in [1.54, 1.807) is 0 Å². The van der Waals surface area contributed by atoms with Crippen molar-refractivity contribution in [3.05, 3.63) is 12.7 Å². The normalized spacial score (nSPS) is 12.1. The van der Waals surface area contributed by atoms with E-state index >= 15 is 0 Å². The van der Waals surface area contributed by atoms with Crippen LogP contribution in [-0.4, -0.2) is 63.0 Å². The molecule has 6 nitrogen and oxygen atoms in total. The Balaban J connectivity index is 3.44. The molecule has 0 spiro atoms. The average molecular weight is 378 g/mol. The second-order valence-electron chi connectivity index (χ2n) is 7.20. The molecule has 0 aromatic carbocycles. The largest absolute Gasteiger partial charge is 0.748 e. The van der Waals surface area contributed by atoms with Crippen LogP contribution in [0.25, 0.3) is 0 Å². The summed E-state index contributed by atoms with van der Waals surface area (Å²) in [6, 6.07) is 0. The zero-order valence-corrected chi connectivity index (χ0v) is 16.7. The summed E-state index contributed by atoms with van der Waals surface area (Å²) in [4.78, 5) is 10.8. The lowest BCUT2D eigenvalue weighted by Crippen LogP contribution is -2.41. The second-order valence-corrected chi connectivity index (χ2v) is 8.72. The van der Waals surface area contributed by atoms with Gasteiger partial charge in [0.05, 0.1) is 43.9 Å². The van der Waals surface area contributed by atoms with E-state index < -0.39 is 10.1 Å². The molecule has 0 bridgehead atoms. The first-order valence-corrected chi connectivity index (χ1v) is 10.8. The van der Waals surface area contributed by atoms with E-state index in [9.17, 15) is 17.8 Å². The topological polar surface area (TPSA) is 83.5 Å². The molecule has 148 valence electrons. The third kappa shape index (κ3) is 17.7. The monoisotopic (exact) mass is 377 g/mol. The van der Waals surface area contributed by atoms with Crippen LogP contribution in [-0.2, 0) is 19.6 Å². The number of esters is 1. The van der Waals surface area contributed by atoms with Gasteiger partial charge in [-0.1, -0.05) is 38.7 Å². The van der Waals surface area contributed by atoms with Crippen LogP contribution in [0.5, 0.6) is 0 Å². The van der Waals surface area contributed by atoms with Gasteiger partial charge in [0.1, 0.15) is 0 Å². The smallest absolute Gasteiger partial charge is 0.330 e. The first-order valence-electron chi connectivity index (χ1n) is 9.21. The van der Waals surface area contributed by atoms with Gasteiger partial charge in [-0.05, 0) is 19.3 Å².